The quantitative estimate of drug-likeness (QED) is 0.637. The van der Waals surface area contributed by atoms with Gasteiger partial charge in [-0.05, 0) is 48.9 Å². The molecule has 1 aliphatic heterocycles. The number of benzene rings is 2. The van der Waals surface area contributed by atoms with Crippen molar-refractivity contribution in [2.45, 2.75) is 13.1 Å². The molecule has 0 saturated carbocycles. The molecular weight excluding hydrogens is 423 g/mol. The second-order valence-electron chi connectivity index (χ2n) is 7.29. The zero-order chi connectivity index (χ0) is 23.3. The lowest BCUT2D eigenvalue weighted by atomic mass is 10.1. The van der Waals surface area contributed by atoms with Crippen LogP contribution in [0.5, 0.6) is 5.75 Å². The van der Waals surface area contributed by atoms with Crippen LogP contribution in [0, 0.1) is 6.92 Å². The van der Waals surface area contributed by atoms with Crippen LogP contribution in [-0.4, -0.2) is 55.5 Å². The van der Waals surface area contributed by atoms with Crippen molar-refractivity contribution in [3.8, 4) is 5.75 Å². The monoisotopic (exact) mass is 447 g/mol. The molecule has 2 aromatic carbocycles. The van der Waals surface area contributed by atoms with Gasteiger partial charge in [-0.15, -0.1) is 0 Å². The van der Waals surface area contributed by atoms with Gasteiger partial charge in [-0.3, -0.25) is 0 Å². The van der Waals surface area contributed by atoms with E-state index in [-0.39, 0.29) is 0 Å². The van der Waals surface area contributed by atoms with E-state index in [0.29, 0.717) is 0 Å². The zero-order valence-electron chi connectivity index (χ0n) is 17.8. The van der Waals surface area contributed by atoms with E-state index in [1.54, 1.807) is 7.11 Å². The smallest absolute Gasteiger partial charge is 0.490 e. The Balaban J connectivity index is 0.000000360. The Bertz CT molecular complexity index is 1060. The van der Waals surface area contributed by atoms with Crippen LogP contribution in [0.1, 0.15) is 5.56 Å². The summed E-state index contributed by atoms with van der Waals surface area (Å²) in [6.07, 6.45) is -5.08. The number of nitrogens with zero attached hydrogens (tertiary/aromatic N) is 3. The molecule has 1 fully saturated rings. The van der Waals surface area contributed by atoms with Crippen molar-refractivity contribution < 1.29 is 27.8 Å². The molecule has 0 atom stereocenters. The number of alkyl halides is 3. The molecule has 4 rings (SSSR count). The summed E-state index contributed by atoms with van der Waals surface area (Å²) >= 11 is 0. The number of methoxy groups -OCH3 is 1. The number of carbonyl (C=O) groups is 1. The third-order valence-electron chi connectivity index (χ3n) is 5.19. The highest BCUT2D eigenvalue weighted by Gasteiger charge is 2.38. The van der Waals surface area contributed by atoms with E-state index in [2.05, 4.69) is 59.2 Å². The number of fused-ring (bicyclic) bond motifs is 1. The van der Waals surface area contributed by atoms with Crippen molar-refractivity contribution in [1.82, 2.24) is 4.98 Å². The largest absolute Gasteiger partial charge is 0.497 e. The molecule has 1 aromatic heterocycles. The van der Waals surface area contributed by atoms with Gasteiger partial charge < -0.3 is 19.6 Å². The number of aromatic nitrogens is 1. The fraction of sp³-hybridized carbons (Fsp3) is 0.304. The van der Waals surface area contributed by atoms with Crippen LogP contribution >= 0.6 is 0 Å². The number of hydrogen-bond acceptors (Lipinski definition) is 5. The molecule has 6 nitrogen and oxygen atoms in total. The van der Waals surface area contributed by atoms with E-state index < -0.39 is 12.1 Å². The second-order valence-corrected chi connectivity index (χ2v) is 7.29. The molecule has 0 bridgehead atoms. The average molecular weight is 447 g/mol. The number of anilines is 2. The first-order valence-corrected chi connectivity index (χ1v) is 9.99. The molecule has 0 spiro atoms. The number of halogens is 3. The number of carboxylic acid groups (broad SMARTS) is 1. The maximum Gasteiger partial charge on any atom is 0.490 e. The minimum absolute atomic E-state index is 0.901. The fourth-order valence-electron chi connectivity index (χ4n) is 3.48. The molecule has 0 unspecified atom stereocenters. The first-order chi connectivity index (χ1) is 15.2. The maximum atomic E-state index is 10.6. The summed E-state index contributed by atoms with van der Waals surface area (Å²) in [6.45, 7) is 6.13. The first-order valence-electron chi connectivity index (χ1n) is 9.99. The third kappa shape index (κ3) is 5.60. The van der Waals surface area contributed by atoms with Gasteiger partial charge in [0.2, 0.25) is 0 Å². The summed E-state index contributed by atoms with van der Waals surface area (Å²) in [5, 5.41) is 8.36. The van der Waals surface area contributed by atoms with Gasteiger partial charge in [0.25, 0.3) is 0 Å². The number of para-hydroxylation sites is 1. The molecule has 9 heteroatoms. The van der Waals surface area contributed by atoms with Crippen LogP contribution in [0.4, 0.5) is 24.7 Å². The molecule has 0 amide bonds. The molecule has 0 radical (unpaired) electrons. The van der Waals surface area contributed by atoms with Crippen LogP contribution in [0.15, 0.2) is 54.6 Å². The normalized spacial score (nSPS) is 14.0. The lowest BCUT2D eigenvalue weighted by Gasteiger charge is -2.37. The molecular formula is C23H24F3N3O3. The number of piperazine rings is 1. The molecule has 0 aliphatic carbocycles. The summed E-state index contributed by atoms with van der Waals surface area (Å²) in [5.41, 5.74) is 3.62. The Morgan fingerprint density at radius 1 is 1.00 bits per heavy atom. The lowest BCUT2D eigenvalue weighted by molar-refractivity contribution is -0.192. The Morgan fingerprint density at radius 2 is 1.56 bits per heavy atom. The predicted octanol–water partition coefficient (Wildman–Crippen LogP) is 4.51. The summed E-state index contributed by atoms with van der Waals surface area (Å²) in [6, 6.07) is 18.9. The predicted molar refractivity (Wildman–Crippen MR) is 118 cm³/mol. The highest BCUT2D eigenvalue weighted by molar-refractivity contribution is 5.83. The Kier molecular flexibility index (Phi) is 7.07. The van der Waals surface area contributed by atoms with Crippen LogP contribution in [-0.2, 0) is 4.79 Å². The molecule has 32 heavy (non-hydrogen) atoms. The highest BCUT2D eigenvalue weighted by Crippen LogP contribution is 2.25. The maximum absolute atomic E-state index is 10.6. The lowest BCUT2D eigenvalue weighted by Crippen LogP contribution is -2.46. The van der Waals surface area contributed by atoms with Gasteiger partial charge in [-0.1, -0.05) is 18.2 Å². The van der Waals surface area contributed by atoms with E-state index >= 15 is 0 Å². The van der Waals surface area contributed by atoms with Crippen LogP contribution in [0.3, 0.4) is 0 Å². The van der Waals surface area contributed by atoms with Gasteiger partial charge in [-0.2, -0.15) is 13.2 Å². The molecule has 1 saturated heterocycles. The first kappa shape index (κ1) is 23.2. The minimum Gasteiger partial charge on any atom is -0.497 e. The SMILES string of the molecule is COc1ccc(N2CCN(c3cc(C)c4ccccc4n3)CC2)cc1.O=C(O)C(F)(F)F. The fourth-order valence-corrected chi connectivity index (χ4v) is 3.48. The number of hydrogen-bond donors (Lipinski definition) is 1. The van der Waals surface area contributed by atoms with Crippen molar-refractivity contribution in [2.75, 3.05) is 43.1 Å². The number of aryl methyl sites for hydroxylation is 1. The Hall–Kier alpha value is -3.49. The molecule has 2 heterocycles. The molecule has 1 N–H and O–H groups in total. The van der Waals surface area contributed by atoms with E-state index in [1.807, 2.05) is 12.1 Å². The van der Waals surface area contributed by atoms with Gasteiger partial charge in [0, 0.05) is 37.3 Å². The third-order valence-corrected chi connectivity index (χ3v) is 5.19. The molecule has 1 aliphatic rings. The topological polar surface area (TPSA) is 65.9 Å². The number of rotatable bonds is 3. The zero-order valence-corrected chi connectivity index (χ0v) is 17.8. The van der Waals surface area contributed by atoms with Gasteiger partial charge in [0.05, 0.1) is 12.6 Å². The Labute approximate surface area is 183 Å². The summed E-state index contributed by atoms with van der Waals surface area (Å²) in [5.74, 6) is -0.767. The van der Waals surface area contributed by atoms with E-state index in [4.69, 9.17) is 19.6 Å². The van der Waals surface area contributed by atoms with Crippen molar-refractivity contribution in [3.05, 3.63) is 60.2 Å². The summed E-state index contributed by atoms with van der Waals surface area (Å²) in [7, 11) is 1.70. The van der Waals surface area contributed by atoms with E-state index in [1.165, 1.54) is 16.6 Å². The summed E-state index contributed by atoms with van der Waals surface area (Å²) in [4.78, 5) is 18.6. The van der Waals surface area contributed by atoms with Crippen molar-refractivity contribution in [3.63, 3.8) is 0 Å². The van der Waals surface area contributed by atoms with Crippen LogP contribution in [0.25, 0.3) is 10.9 Å². The van der Waals surface area contributed by atoms with Crippen LogP contribution in [0.2, 0.25) is 0 Å². The average Bonchev–Trinajstić information content (AvgIpc) is 2.79. The van der Waals surface area contributed by atoms with Crippen molar-refractivity contribution >= 4 is 28.4 Å². The molecule has 170 valence electrons. The van der Waals surface area contributed by atoms with Crippen LogP contribution < -0.4 is 14.5 Å². The van der Waals surface area contributed by atoms with Crippen molar-refractivity contribution in [1.29, 1.82) is 0 Å². The summed E-state index contributed by atoms with van der Waals surface area (Å²) < 4.78 is 37.0. The van der Waals surface area contributed by atoms with Gasteiger partial charge in [0.1, 0.15) is 11.6 Å². The van der Waals surface area contributed by atoms with Gasteiger partial charge in [-0.25, -0.2) is 9.78 Å². The van der Waals surface area contributed by atoms with E-state index in [0.717, 1.165) is 43.3 Å². The van der Waals surface area contributed by atoms with Gasteiger partial charge in [0.15, 0.2) is 0 Å². The second kappa shape index (κ2) is 9.76. The van der Waals surface area contributed by atoms with Gasteiger partial charge >= 0.3 is 12.1 Å². The highest BCUT2D eigenvalue weighted by atomic mass is 19.4. The standard InChI is InChI=1S/C21H23N3O.C2HF3O2/c1-16-15-21(22-20-6-4-3-5-19(16)20)24-13-11-23(12-14-24)17-7-9-18(25-2)10-8-17;3-2(4,5)1(6)7/h3-10,15H,11-14H2,1-2H3;(H,6,7). The van der Waals surface area contributed by atoms with E-state index in [9.17, 15) is 13.2 Å². The Morgan fingerprint density at radius 3 is 2.12 bits per heavy atom. The number of aliphatic carboxylic acids is 1. The number of pyridine rings is 1. The molecule has 3 aromatic rings. The number of carboxylic acids is 1. The minimum atomic E-state index is -5.08. The number of ether oxygens (including phenoxy) is 1. The van der Waals surface area contributed by atoms with Crippen molar-refractivity contribution in [2.24, 2.45) is 0 Å².